The molecule has 1 N–H and O–H groups in total. The number of nitrogens with zero attached hydrogens (tertiary/aromatic N) is 1. The van der Waals surface area contributed by atoms with E-state index in [4.69, 9.17) is 14.2 Å². The third-order valence-corrected chi connectivity index (χ3v) is 8.64. The second kappa shape index (κ2) is 8.89. The van der Waals surface area contributed by atoms with Gasteiger partial charge in [0.1, 0.15) is 0 Å². The molecular weight excluding hydrogens is 352 g/mol. The van der Waals surface area contributed by atoms with Crippen LogP contribution in [-0.2, 0) is 14.2 Å². The highest BCUT2D eigenvalue weighted by Gasteiger charge is 2.46. The Hall–Kier alpha value is -0.200. The largest absolute Gasteiger partial charge is 0.377 e. The lowest BCUT2D eigenvalue weighted by Crippen LogP contribution is -2.68. The fourth-order valence-electron chi connectivity index (χ4n) is 7.01. The van der Waals surface area contributed by atoms with E-state index >= 15 is 0 Å². The molecule has 0 amide bonds. The lowest BCUT2D eigenvalue weighted by Gasteiger charge is -2.52. The highest BCUT2D eigenvalue weighted by atomic mass is 16.5. The molecule has 2 saturated carbocycles. The van der Waals surface area contributed by atoms with E-state index in [0.717, 1.165) is 44.6 Å². The molecule has 5 nitrogen and oxygen atoms in total. The first kappa shape index (κ1) is 19.7. The summed E-state index contributed by atoms with van der Waals surface area (Å²) in [5.74, 6) is 1.67. The van der Waals surface area contributed by atoms with Crippen LogP contribution in [0.5, 0.6) is 0 Å². The standard InChI is InChI=1S/C23H40N2O3/c1-2-5-21-20(4-1)18-6-8-19(9-7-18)28-16-22-23(11-14-26-17-24-23)10-3-12-25(22)13-15-27-21/h18-22,24H,1-17H2/t18?,19?,20?,21?,22-,23+/m0/s1. The van der Waals surface area contributed by atoms with Gasteiger partial charge in [-0.1, -0.05) is 12.8 Å². The lowest BCUT2D eigenvalue weighted by atomic mass is 9.71. The van der Waals surface area contributed by atoms with E-state index in [-0.39, 0.29) is 5.54 Å². The van der Waals surface area contributed by atoms with E-state index in [1.54, 1.807) is 0 Å². The molecule has 0 radical (unpaired) electrons. The van der Waals surface area contributed by atoms with Crippen molar-refractivity contribution >= 4 is 0 Å². The van der Waals surface area contributed by atoms with Gasteiger partial charge in [-0.15, -0.1) is 0 Å². The Labute approximate surface area is 170 Å². The van der Waals surface area contributed by atoms with Crippen molar-refractivity contribution in [3.05, 3.63) is 0 Å². The molecule has 6 fully saturated rings. The van der Waals surface area contributed by atoms with Crippen LogP contribution in [0.4, 0.5) is 0 Å². The van der Waals surface area contributed by atoms with E-state index < -0.39 is 0 Å². The van der Waals surface area contributed by atoms with Gasteiger partial charge in [-0.2, -0.15) is 0 Å². The SMILES string of the molecule is C1CCC2C3CCC(CC3)OC[C@@H]3N(CCC[C@@]34CCOCN4)CCOC2C1. The summed E-state index contributed by atoms with van der Waals surface area (Å²) in [6, 6.07) is 0.453. The molecule has 6 aliphatic rings. The summed E-state index contributed by atoms with van der Waals surface area (Å²) in [7, 11) is 0. The third kappa shape index (κ3) is 4.02. The average molecular weight is 393 g/mol. The molecule has 4 atom stereocenters. The van der Waals surface area contributed by atoms with Gasteiger partial charge in [-0.3, -0.25) is 10.2 Å². The third-order valence-electron chi connectivity index (χ3n) is 8.64. The summed E-state index contributed by atoms with van der Waals surface area (Å²) in [5, 5.41) is 3.76. The number of fused-ring (bicyclic) bond motifs is 5. The zero-order valence-electron chi connectivity index (χ0n) is 17.6. The van der Waals surface area contributed by atoms with E-state index in [9.17, 15) is 0 Å². The maximum Gasteiger partial charge on any atom is 0.0970 e. The fourth-order valence-corrected chi connectivity index (χ4v) is 7.01. The molecule has 4 heterocycles. The molecule has 5 heteroatoms. The number of ether oxygens (including phenoxy) is 3. The number of piperidine rings is 1. The summed E-state index contributed by atoms with van der Waals surface area (Å²) in [6.07, 6.45) is 15.3. The van der Waals surface area contributed by atoms with Gasteiger partial charge in [-0.25, -0.2) is 0 Å². The first-order chi connectivity index (χ1) is 13.8. The average Bonchev–Trinajstić information content (AvgIpc) is 2.76. The summed E-state index contributed by atoms with van der Waals surface area (Å²) in [6.45, 7) is 5.56. The zero-order chi connectivity index (χ0) is 18.8. The minimum Gasteiger partial charge on any atom is -0.377 e. The van der Waals surface area contributed by atoms with Gasteiger partial charge in [0.25, 0.3) is 0 Å². The first-order valence-electron chi connectivity index (χ1n) is 12.1. The van der Waals surface area contributed by atoms with E-state index in [1.807, 2.05) is 0 Å². The van der Waals surface area contributed by atoms with Gasteiger partial charge < -0.3 is 14.2 Å². The van der Waals surface area contributed by atoms with E-state index in [1.165, 1.54) is 70.8 Å². The Morgan fingerprint density at radius 3 is 2.57 bits per heavy atom. The Morgan fingerprint density at radius 2 is 1.71 bits per heavy atom. The Morgan fingerprint density at radius 1 is 0.821 bits per heavy atom. The maximum atomic E-state index is 6.61. The molecule has 2 unspecified atom stereocenters. The molecule has 2 bridgehead atoms. The number of nitrogens with one attached hydrogen (secondary N) is 1. The smallest absolute Gasteiger partial charge is 0.0970 e. The molecule has 160 valence electrons. The van der Waals surface area contributed by atoms with Crippen LogP contribution >= 0.6 is 0 Å². The lowest BCUT2D eigenvalue weighted by molar-refractivity contribution is -0.0903. The molecule has 4 aliphatic heterocycles. The predicted molar refractivity (Wildman–Crippen MR) is 109 cm³/mol. The number of hydrogen-bond donors (Lipinski definition) is 1. The fraction of sp³-hybridized carbons (Fsp3) is 1.00. The Balaban J connectivity index is 1.34. The summed E-state index contributed by atoms with van der Waals surface area (Å²) in [5.41, 5.74) is 0.168. The topological polar surface area (TPSA) is 43.0 Å². The minimum absolute atomic E-state index is 0.168. The van der Waals surface area contributed by atoms with Crippen molar-refractivity contribution < 1.29 is 14.2 Å². The van der Waals surface area contributed by atoms with Crippen molar-refractivity contribution in [3.8, 4) is 0 Å². The van der Waals surface area contributed by atoms with Crippen molar-refractivity contribution in [2.75, 3.05) is 39.6 Å². The molecule has 0 aromatic rings. The molecular formula is C23H40N2O3. The molecule has 28 heavy (non-hydrogen) atoms. The van der Waals surface area contributed by atoms with Gasteiger partial charge in [-0.05, 0) is 76.2 Å². The van der Waals surface area contributed by atoms with Crippen LogP contribution in [0.3, 0.4) is 0 Å². The molecule has 0 aromatic heterocycles. The Bertz CT molecular complexity index is 497. The maximum absolute atomic E-state index is 6.61. The highest BCUT2D eigenvalue weighted by Crippen LogP contribution is 2.41. The second-order valence-electron chi connectivity index (χ2n) is 10.0. The van der Waals surface area contributed by atoms with Crippen LogP contribution in [0.2, 0.25) is 0 Å². The van der Waals surface area contributed by atoms with E-state index in [0.29, 0.717) is 25.0 Å². The zero-order valence-corrected chi connectivity index (χ0v) is 17.6. The monoisotopic (exact) mass is 392 g/mol. The summed E-state index contributed by atoms with van der Waals surface area (Å²) in [4.78, 5) is 2.68. The normalized spacial score (nSPS) is 46.1. The molecule has 6 rings (SSSR count). The van der Waals surface area contributed by atoms with Gasteiger partial charge >= 0.3 is 0 Å². The number of hydrogen-bond acceptors (Lipinski definition) is 5. The number of rotatable bonds is 0. The molecule has 1 spiro atoms. The van der Waals surface area contributed by atoms with Crippen molar-refractivity contribution in [2.24, 2.45) is 11.8 Å². The van der Waals surface area contributed by atoms with Crippen LogP contribution in [0.15, 0.2) is 0 Å². The van der Waals surface area contributed by atoms with Gasteiger partial charge in [0.15, 0.2) is 0 Å². The second-order valence-corrected chi connectivity index (χ2v) is 10.0. The van der Waals surface area contributed by atoms with Gasteiger partial charge in [0.05, 0.1) is 44.8 Å². The van der Waals surface area contributed by atoms with Gasteiger partial charge in [0.2, 0.25) is 0 Å². The van der Waals surface area contributed by atoms with Crippen molar-refractivity contribution in [1.29, 1.82) is 0 Å². The van der Waals surface area contributed by atoms with Crippen LogP contribution in [-0.4, -0.2) is 68.3 Å². The molecule has 4 saturated heterocycles. The van der Waals surface area contributed by atoms with Crippen LogP contribution < -0.4 is 5.32 Å². The quantitative estimate of drug-likeness (QED) is 0.685. The van der Waals surface area contributed by atoms with Crippen LogP contribution in [0.25, 0.3) is 0 Å². The predicted octanol–water partition coefficient (Wildman–Crippen LogP) is 3.32. The van der Waals surface area contributed by atoms with Crippen LogP contribution in [0.1, 0.15) is 70.6 Å². The highest BCUT2D eigenvalue weighted by molar-refractivity contribution is 5.04. The van der Waals surface area contributed by atoms with Crippen molar-refractivity contribution in [1.82, 2.24) is 10.2 Å². The van der Waals surface area contributed by atoms with E-state index in [2.05, 4.69) is 10.2 Å². The first-order valence-corrected chi connectivity index (χ1v) is 12.1. The summed E-state index contributed by atoms with van der Waals surface area (Å²) < 4.78 is 18.9. The molecule has 0 aromatic carbocycles. The van der Waals surface area contributed by atoms with Crippen molar-refractivity contribution in [3.63, 3.8) is 0 Å². The molecule has 2 aliphatic carbocycles. The Kier molecular flexibility index (Phi) is 6.27. The minimum atomic E-state index is 0.168. The summed E-state index contributed by atoms with van der Waals surface area (Å²) >= 11 is 0. The van der Waals surface area contributed by atoms with Crippen molar-refractivity contribution in [2.45, 2.75) is 94.4 Å². The van der Waals surface area contributed by atoms with Gasteiger partial charge in [0, 0.05) is 12.1 Å². The van der Waals surface area contributed by atoms with Crippen LogP contribution in [0, 0.1) is 11.8 Å².